The molecule has 0 atom stereocenters. The molecule has 0 saturated carbocycles. The van der Waals surface area contributed by atoms with Gasteiger partial charge in [0.1, 0.15) is 0 Å². The van der Waals surface area contributed by atoms with E-state index in [9.17, 15) is 4.79 Å². The lowest BCUT2D eigenvalue weighted by atomic mass is 10.2. The van der Waals surface area contributed by atoms with Gasteiger partial charge >= 0.3 is 0 Å². The van der Waals surface area contributed by atoms with Crippen molar-refractivity contribution >= 4 is 28.6 Å². The molecule has 2 aromatic carbocycles. The van der Waals surface area contributed by atoms with Crippen molar-refractivity contribution in [1.82, 2.24) is 15.5 Å². The predicted octanol–water partition coefficient (Wildman–Crippen LogP) is 3.38. The molecule has 3 aromatic rings. The predicted molar refractivity (Wildman–Crippen MR) is 84.8 cm³/mol. The number of carbonyl (C=O) groups is 1. The molecular weight excluding hydrogens is 282 g/mol. The van der Waals surface area contributed by atoms with Crippen LogP contribution in [0.15, 0.2) is 52.3 Å². The number of carbonyl (C=O) groups excluding carboxylic acids is 1. The molecule has 5 heteroatoms. The molecule has 3 rings (SSSR count). The Morgan fingerprint density at radius 1 is 1.24 bits per heavy atom. The summed E-state index contributed by atoms with van der Waals surface area (Å²) in [5, 5.41) is 11.0. The van der Waals surface area contributed by atoms with Crippen LogP contribution in [-0.4, -0.2) is 23.2 Å². The quantitative estimate of drug-likeness (QED) is 0.779. The van der Waals surface area contributed by atoms with E-state index in [-0.39, 0.29) is 5.91 Å². The first-order valence-electron chi connectivity index (χ1n) is 6.62. The van der Waals surface area contributed by atoms with Crippen molar-refractivity contribution in [3.8, 4) is 0 Å². The topological polar surface area (TPSA) is 57.8 Å². The van der Waals surface area contributed by atoms with Crippen molar-refractivity contribution < 1.29 is 4.79 Å². The lowest BCUT2D eigenvalue weighted by Gasteiger charge is -2.08. The number of fused-ring (bicyclic) bond motifs is 1. The minimum atomic E-state index is -0.0726. The normalized spacial score (nSPS) is 10.8. The molecule has 0 aliphatic rings. The molecule has 1 heterocycles. The number of hydrogen-bond donors (Lipinski definition) is 2. The average Bonchev–Trinajstić information content (AvgIpc) is 2.88. The number of aromatic nitrogens is 2. The molecule has 0 fully saturated rings. The van der Waals surface area contributed by atoms with E-state index >= 15 is 0 Å². The van der Waals surface area contributed by atoms with Crippen LogP contribution in [0.5, 0.6) is 0 Å². The van der Waals surface area contributed by atoms with E-state index in [4.69, 9.17) is 0 Å². The van der Waals surface area contributed by atoms with Crippen molar-refractivity contribution in [3.63, 3.8) is 0 Å². The maximum absolute atomic E-state index is 11.9. The van der Waals surface area contributed by atoms with Gasteiger partial charge in [-0.05, 0) is 37.3 Å². The average molecular weight is 297 g/mol. The molecule has 1 aromatic heterocycles. The van der Waals surface area contributed by atoms with Crippen LogP contribution in [0.1, 0.15) is 16.1 Å². The molecule has 0 aliphatic carbocycles. The molecule has 1 amide bonds. The minimum absolute atomic E-state index is 0.0726. The van der Waals surface area contributed by atoms with Crippen LogP contribution < -0.4 is 5.32 Å². The van der Waals surface area contributed by atoms with Crippen LogP contribution in [0.25, 0.3) is 10.9 Å². The van der Waals surface area contributed by atoms with E-state index in [2.05, 4.69) is 33.7 Å². The summed E-state index contributed by atoms with van der Waals surface area (Å²) >= 11 is 1.57. The number of H-pyrrole nitrogens is 1. The summed E-state index contributed by atoms with van der Waals surface area (Å²) in [6.45, 7) is 1.98. The fourth-order valence-corrected chi connectivity index (χ4v) is 3.19. The number of rotatable bonds is 3. The van der Waals surface area contributed by atoms with Crippen LogP contribution in [0.2, 0.25) is 0 Å². The molecule has 106 valence electrons. The Morgan fingerprint density at radius 3 is 2.86 bits per heavy atom. The maximum atomic E-state index is 11.9. The fraction of sp³-hybridized carbons (Fsp3) is 0.125. The van der Waals surface area contributed by atoms with Gasteiger partial charge in [-0.25, -0.2) is 0 Å². The highest BCUT2D eigenvalue weighted by molar-refractivity contribution is 7.99. The summed E-state index contributed by atoms with van der Waals surface area (Å²) in [7, 11) is 1.64. The Labute approximate surface area is 126 Å². The molecule has 21 heavy (non-hydrogen) atoms. The van der Waals surface area contributed by atoms with Crippen LogP contribution in [0.3, 0.4) is 0 Å². The largest absolute Gasteiger partial charge is 0.355 e. The Hall–Kier alpha value is -2.27. The molecule has 0 bridgehead atoms. The molecular formula is C16H15N3OS. The number of nitrogens with one attached hydrogen (secondary N) is 2. The molecule has 4 nitrogen and oxygen atoms in total. The molecule has 0 spiro atoms. The summed E-state index contributed by atoms with van der Waals surface area (Å²) in [5.74, 6) is -0.0726. The molecule has 0 radical (unpaired) electrons. The smallest absolute Gasteiger partial charge is 0.252 e. The second-order valence-corrected chi connectivity index (χ2v) is 5.81. The number of hydrogen-bond acceptors (Lipinski definition) is 3. The zero-order chi connectivity index (χ0) is 14.8. The highest BCUT2D eigenvalue weighted by Crippen LogP contribution is 2.32. The summed E-state index contributed by atoms with van der Waals surface area (Å²) in [6, 6.07) is 13.8. The summed E-state index contributed by atoms with van der Waals surface area (Å²) in [5.41, 5.74) is 2.69. The number of aryl methyl sites for hydroxylation is 1. The van der Waals surface area contributed by atoms with Crippen molar-refractivity contribution in [2.24, 2.45) is 0 Å². The molecule has 0 saturated heterocycles. The second-order valence-electron chi connectivity index (χ2n) is 4.69. The monoisotopic (exact) mass is 297 g/mol. The van der Waals surface area contributed by atoms with Crippen LogP contribution in [0, 0.1) is 6.92 Å². The third-order valence-corrected chi connectivity index (χ3v) is 4.38. The van der Waals surface area contributed by atoms with E-state index in [1.54, 1.807) is 18.8 Å². The zero-order valence-electron chi connectivity index (χ0n) is 11.8. The SMILES string of the molecule is CNC(=O)c1ccccc1Sc1ccc2c(C)n[nH]c2c1. The Kier molecular flexibility index (Phi) is 3.66. The second kappa shape index (κ2) is 5.61. The van der Waals surface area contributed by atoms with Crippen LogP contribution in [0.4, 0.5) is 0 Å². The first kappa shape index (κ1) is 13.7. The number of nitrogens with zero attached hydrogens (tertiary/aromatic N) is 1. The number of aromatic amines is 1. The van der Waals surface area contributed by atoms with Gasteiger partial charge in [0.2, 0.25) is 0 Å². The van der Waals surface area contributed by atoms with Crippen LogP contribution >= 0.6 is 11.8 Å². The van der Waals surface area contributed by atoms with Gasteiger partial charge in [0.25, 0.3) is 5.91 Å². The van der Waals surface area contributed by atoms with Crippen molar-refractivity contribution in [1.29, 1.82) is 0 Å². The number of amides is 1. The molecule has 0 unspecified atom stereocenters. The number of benzene rings is 2. The Balaban J connectivity index is 1.97. The van der Waals surface area contributed by atoms with Gasteiger partial charge in [0, 0.05) is 22.2 Å². The summed E-state index contributed by atoms with van der Waals surface area (Å²) in [4.78, 5) is 13.9. The van der Waals surface area contributed by atoms with E-state index < -0.39 is 0 Å². The zero-order valence-corrected chi connectivity index (χ0v) is 12.6. The van der Waals surface area contributed by atoms with Gasteiger partial charge in [0.15, 0.2) is 0 Å². The molecule has 2 N–H and O–H groups in total. The van der Waals surface area contributed by atoms with E-state index in [0.29, 0.717) is 5.56 Å². The Bertz CT molecular complexity index is 810. The summed E-state index contributed by atoms with van der Waals surface area (Å²) < 4.78 is 0. The highest BCUT2D eigenvalue weighted by Gasteiger charge is 2.11. The third-order valence-electron chi connectivity index (χ3n) is 3.31. The van der Waals surface area contributed by atoms with E-state index in [1.807, 2.05) is 31.2 Å². The van der Waals surface area contributed by atoms with Gasteiger partial charge in [-0.15, -0.1) is 0 Å². The molecule has 0 aliphatic heterocycles. The van der Waals surface area contributed by atoms with E-state index in [1.165, 1.54) is 0 Å². The fourth-order valence-electron chi connectivity index (χ4n) is 2.20. The Morgan fingerprint density at radius 2 is 2.05 bits per heavy atom. The van der Waals surface area contributed by atoms with Gasteiger partial charge < -0.3 is 5.32 Å². The van der Waals surface area contributed by atoms with Crippen LogP contribution in [-0.2, 0) is 0 Å². The lowest BCUT2D eigenvalue weighted by Crippen LogP contribution is -2.18. The van der Waals surface area contributed by atoms with E-state index in [0.717, 1.165) is 26.4 Å². The lowest BCUT2D eigenvalue weighted by molar-refractivity contribution is 0.0960. The third kappa shape index (κ3) is 2.64. The van der Waals surface area contributed by atoms with Crippen molar-refractivity contribution in [2.45, 2.75) is 16.7 Å². The summed E-state index contributed by atoms with van der Waals surface area (Å²) in [6.07, 6.45) is 0. The maximum Gasteiger partial charge on any atom is 0.252 e. The first-order chi connectivity index (χ1) is 10.2. The highest BCUT2D eigenvalue weighted by atomic mass is 32.2. The standard InChI is InChI=1S/C16H15N3OS/c1-10-12-8-7-11(9-14(12)19-18-10)21-15-6-4-3-5-13(15)16(20)17-2/h3-9H,1-2H3,(H,17,20)(H,18,19). The van der Waals surface area contributed by atoms with Crippen molar-refractivity contribution in [2.75, 3.05) is 7.05 Å². The van der Waals surface area contributed by atoms with Gasteiger partial charge in [0.05, 0.1) is 16.8 Å². The first-order valence-corrected chi connectivity index (χ1v) is 7.44. The minimum Gasteiger partial charge on any atom is -0.355 e. The van der Waals surface area contributed by atoms with Crippen molar-refractivity contribution in [3.05, 3.63) is 53.7 Å². The van der Waals surface area contributed by atoms with Gasteiger partial charge in [-0.1, -0.05) is 23.9 Å². The van der Waals surface area contributed by atoms with Gasteiger partial charge in [-0.2, -0.15) is 5.10 Å². The van der Waals surface area contributed by atoms with Gasteiger partial charge in [-0.3, -0.25) is 9.89 Å².